The number of ether oxygens (including phenoxy) is 1. The van der Waals surface area contributed by atoms with Gasteiger partial charge in [-0.2, -0.15) is 0 Å². The lowest BCUT2D eigenvalue weighted by Crippen LogP contribution is -2.35. The Morgan fingerprint density at radius 1 is 1.53 bits per heavy atom. The highest BCUT2D eigenvalue weighted by Crippen LogP contribution is 2.34. The predicted octanol–water partition coefficient (Wildman–Crippen LogP) is 2.44. The number of nitrogens with one attached hydrogen (secondary N) is 1. The molecule has 1 atom stereocenters. The maximum Gasteiger partial charge on any atom is 0.0583 e. The lowest BCUT2D eigenvalue weighted by molar-refractivity contribution is 0.0540. The van der Waals surface area contributed by atoms with E-state index in [9.17, 15) is 0 Å². The molecule has 2 heterocycles. The summed E-state index contributed by atoms with van der Waals surface area (Å²) in [6, 6.07) is 2.41. The summed E-state index contributed by atoms with van der Waals surface area (Å²) in [5.74, 6) is 6.24. The van der Waals surface area contributed by atoms with Crippen LogP contribution in [-0.4, -0.2) is 13.2 Å². The number of hydrogen-bond donors (Lipinski definition) is 2. The van der Waals surface area contributed by atoms with E-state index in [2.05, 4.69) is 32.8 Å². The van der Waals surface area contributed by atoms with Gasteiger partial charge in [-0.1, -0.05) is 0 Å². The van der Waals surface area contributed by atoms with Crippen LogP contribution in [0.4, 0.5) is 0 Å². The molecule has 0 aromatic carbocycles. The van der Waals surface area contributed by atoms with Crippen molar-refractivity contribution in [3.63, 3.8) is 0 Å². The molecule has 0 aliphatic carbocycles. The first-order valence-electron chi connectivity index (χ1n) is 5.09. The molecule has 0 bridgehead atoms. The Kier molecular flexibility index (Phi) is 4.16. The van der Waals surface area contributed by atoms with E-state index in [1.165, 1.54) is 4.88 Å². The van der Waals surface area contributed by atoms with Crippen LogP contribution in [0.5, 0.6) is 0 Å². The minimum atomic E-state index is 0.269. The van der Waals surface area contributed by atoms with Crippen LogP contribution in [0, 0.1) is 5.92 Å². The average molecular weight is 291 g/mol. The van der Waals surface area contributed by atoms with Crippen molar-refractivity contribution in [3.8, 4) is 0 Å². The number of rotatable bonds is 3. The molecule has 0 saturated carbocycles. The SMILES string of the molecule is NNC(c1cc(Br)cs1)C1CCOCC1. The van der Waals surface area contributed by atoms with Crippen LogP contribution in [-0.2, 0) is 4.74 Å². The highest BCUT2D eigenvalue weighted by molar-refractivity contribution is 9.10. The Balaban J connectivity index is 2.08. The summed E-state index contributed by atoms with van der Waals surface area (Å²) in [5, 5.41) is 2.10. The van der Waals surface area contributed by atoms with Crippen LogP contribution in [0.2, 0.25) is 0 Å². The topological polar surface area (TPSA) is 47.3 Å². The summed E-state index contributed by atoms with van der Waals surface area (Å²) in [6.45, 7) is 1.71. The van der Waals surface area contributed by atoms with Gasteiger partial charge in [0, 0.05) is 27.9 Å². The van der Waals surface area contributed by atoms with E-state index in [-0.39, 0.29) is 6.04 Å². The third kappa shape index (κ3) is 2.79. The highest BCUT2D eigenvalue weighted by Gasteiger charge is 2.25. The zero-order valence-corrected chi connectivity index (χ0v) is 10.8. The second-order valence-corrected chi connectivity index (χ2v) is 5.62. The summed E-state index contributed by atoms with van der Waals surface area (Å²) in [7, 11) is 0. The first-order valence-corrected chi connectivity index (χ1v) is 6.76. The molecule has 1 aromatic rings. The summed E-state index contributed by atoms with van der Waals surface area (Å²) in [5.41, 5.74) is 2.94. The fraction of sp³-hybridized carbons (Fsp3) is 0.600. The minimum absolute atomic E-state index is 0.269. The molecular weight excluding hydrogens is 276 g/mol. The van der Waals surface area contributed by atoms with Gasteiger partial charge in [-0.25, -0.2) is 0 Å². The molecule has 1 aromatic heterocycles. The second-order valence-electron chi connectivity index (χ2n) is 3.76. The molecule has 3 nitrogen and oxygen atoms in total. The average Bonchev–Trinajstić information content (AvgIpc) is 2.68. The summed E-state index contributed by atoms with van der Waals surface area (Å²) in [6.07, 6.45) is 2.18. The molecule has 1 saturated heterocycles. The molecule has 1 aliphatic heterocycles. The number of hydrazine groups is 1. The normalized spacial score (nSPS) is 20.4. The van der Waals surface area contributed by atoms with Crippen LogP contribution in [0.15, 0.2) is 15.9 Å². The Bertz CT molecular complexity index is 312. The van der Waals surface area contributed by atoms with E-state index < -0.39 is 0 Å². The van der Waals surface area contributed by atoms with Crippen LogP contribution in [0.1, 0.15) is 23.8 Å². The van der Waals surface area contributed by atoms with Crippen LogP contribution < -0.4 is 11.3 Å². The first kappa shape index (κ1) is 11.5. The predicted molar refractivity (Wildman–Crippen MR) is 65.6 cm³/mol. The van der Waals surface area contributed by atoms with Gasteiger partial charge >= 0.3 is 0 Å². The quantitative estimate of drug-likeness (QED) is 0.664. The molecule has 15 heavy (non-hydrogen) atoms. The van der Waals surface area contributed by atoms with E-state index in [1.54, 1.807) is 11.3 Å². The van der Waals surface area contributed by atoms with Gasteiger partial charge in [0.2, 0.25) is 0 Å². The lowest BCUT2D eigenvalue weighted by Gasteiger charge is -2.29. The smallest absolute Gasteiger partial charge is 0.0583 e. The van der Waals surface area contributed by atoms with Gasteiger partial charge < -0.3 is 4.74 Å². The molecule has 0 radical (unpaired) electrons. The maximum absolute atomic E-state index is 5.65. The van der Waals surface area contributed by atoms with E-state index in [4.69, 9.17) is 10.6 Å². The number of nitrogens with two attached hydrogens (primary N) is 1. The lowest BCUT2D eigenvalue weighted by atomic mass is 9.91. The monoisotopic (exact) mass is 290 g/mol. The van der Waals surface area contributed by atoms with E-state index in [1.807, 2.05) is 0 Å². The van der Waals surface area contributed by atoms with Gasteiger partial charge in [-0.3, -0.25) is 11.3 Å². The van der Waals surface area contributed by atoms with Crippen LogP contribution >= 0.6 is 27.3 Å². The van der Waals surface area contributed by atoms with Crippen molar-refractivity contribution in [1.29, 1.82) is 0 Å². The van der Waals surface area contributed by atoms with Crippen LogP contribution in [0.3, 0.4) is 0 Å². The van der Waals surface area contributed by atoms with Crippen molar-refractivity contribution in [1.82, 2.24) is 5.43 Å². The number of thiophene rings is 1. The van der Waals surface area contributed by atoms with Crippen molar-refractivity contribution in [2.75, 3.05) is 13.2 Å². The third-order valence-corrected chi connectivity index (χ3v) is 4.59. The standard InChI is InChI=1S/C10H15BrN2OS/c11-8-5-9(15-6-8)10(13-12)7-1-3-14-4-2-7/h5-7,10,13H,1-4,12H2. The number of halogens is 1. The molecular formula is C10H15BrN2OS. The van der Waals surface area contributed by atoms with Gasteiger partial charge in [-0.15, -0.1) is 11.3 Å². The summed E-state index contributed by atoms with van der Waals surface area (Å²) < 4.78 is 6.50. The Morgan fingerprint density at radius 3 is 2.80 bits per heavy atom. The van der Waals surface area contributed by atoms with Crippen LogP contribution in [0.25, 0.3) is 0 Å². The molecule has 1 fully saturated rings. The zero-order valence-electron chi connectivity index (χ0n) is 8.41. The fourth-order valence-electron chi connectivity index (χ4n) is 1.99. The molecule has 1 unspecified atom stereocenters. The van der Waals surface area contributed by atoms with Gasteiger partial charge in [-0.05, 0) is 40.8 Å². The molecule has 84 valence electrons. The van der Waals surface area contributed by atoms with Crippen molar-refractivity contribution < 1.29 is 4.74 Å². The number of hydrogen-bond acceptors (Lipinski definition) is 4. The molecule has 0 spiro atoms. The zero-order chi connectivity index (χ0) is 10.7. The van der Waals surface area contributed by atoms with E-state index >= 15 is 0 Å². The second kappa shape index (κ2) is 5.41. The van der Waals surface area contributed by atoms with Gasteiger partial charge in [0.1, 0.15) is 0 Å². The Morgan fingerprint density at radius 2 is 2.27 bits per heavy atom. The summed E-state index contributed by atoms with van der Waals surface area (Å²) >= 11 is 5.22. The fourth-order valence-corrected chi connectivity index (χ4v) is 3.59. The summed E-state index contributed by atoms with van der Waals surface area (Å²) in [4.78, 5) is 1.30. The molecule has 5 heteroatoms. The van der Waals surface area contributed by atoms with E-state index in [0.717, 1.165) is 30.5 Å². The van der Waals surface area contributed by atoms with E-state index in [0.29, 0.717) is 5.92 Å². The maximum atomic E-state index is 5.65. The highest BCUT2D eigenvalue weighted by atomic mass is 79.9. The van der Waals surface area contributed by atoms with Crippen molar-refractivity contribution in [2.24, 2.45) is 11.8 Å². The van der Waals surface area contributed by atoms with Gasteiger partial charge in [0.25, 0.3) is 0 Å². The molecule has 2 rings (SSSR count). The first-order chi connectivity index (χ1) is 7.31. The van der Waals surface area contributed by atoms with Gasteiger partial charge in [0.05, 0.1) is 6.04 Å². The molecule has 1 aliphatic rings. The largest absolute Gasteiger partial charge is 0.381 e. The Hall–Kier alpha value is 0.0600. The minimum Gasteiger partial charge on any atom is -0.381 e. The Labute approximate surface area is 102 Å². The third-order valence-electron chi connectivity index (χ3n) is 2.81. The molecule has 0 amide bonds. The van der Waals surface area contributed by atoms with Crippen molar-refractivity contribution >= 4 is 27.3 Å². The van der Waals surface area contributed by atoms with Crippen molar-refractivity contribution in [2.45, 2.75) is 18.9 Å². The van der Waals surface area contributed by atoms with Gasteiger partial charge in [0.15, 0.2) is 0 Å². The van der Waals surface area contributed by atoms with Crippen molar-refractivity contribution in [3.05, 3.63) is 20.8 Å². The molecule has 3 N–H and O–H groups in total.